The number of nitro benzene ring substituents is 1. The van der Waals surface area contributed by atoms with E-state index < -0.39 is 4.92 Å². The summed E-state index contributed by atoms with van der Waals surface area (Å²) in [6, 6.07) is 2.87. The number of non-ortho nitro benzene ring substituents is 1. The van der Waals surface area contributed by atoms with E-state index in [0.717, 1.165) is 6.54 Å². The van der Waals surface area contributed by atoms with Gasteiger partial charge in [-0.3, -0.25) is 10.1 Å². The van der Waals surface area contributed by atoms with Gasteiger partial charge in [-0.15, -0.1) is 0 Å². The molecule has 0 atom stereocenters. The number of nitrogens with one attached hydrogen (secondary N) is 1. The van der Waals surface area contributed by atoms with Crippen LogP contribution in [0.1, 0.15) is 12.5 Å². The molecule has 0 aliphatic carbocycles. The maximum atomic E-state index is 11.0. The maximum absolute atomic E-state index is 11.0. The third-order valence-electron chi connectivity index (χ3n) is 2.93. The van der Waals surface area contributed by atoms with Gasteiger partial charge in [-0.1, -0.05) is 6.92 Å². The molecule has 0 amide bonds. The lowest BCUT2D eigenvalue weighted by molar-refractivity contribution is -0.384. The number of nitro groups is 1. The van der Waals surface area contributed by atoms with E-state index in [2.05, 4.69) is 15.3 Å². The van der Waals surface area contributed by atoms with Gasteiger partial charge in [0.25, 0.3) is 17.4 Å². The molecule has 0 saturated carbocycles. The quantitative estimate of drug-likeness (QED) is 0.638. The average molecular weight is 292 g/mol. The molecular formula is C13H16N4O4. The van der Waals surface area contributed by atoms with Crippen LogP contribution in [-0.4, -0.2) is 35.7 Å². The first-order valence-corrected chi connectivity index (χ1v) is 6.38. The topological polar surface area (TPSA) is 99.4 Å². The molecule has 0 saturated heterocycles. The summed E-state index contributed by atoms with van der Waals surface area (Å²) >= 11 is 0. The molecule has 2 rings (SSSR count). The van der Waals surface area contributed by atoms with Gasteiger partial charge in [0.2, 0.25) is 0 Å². The fourth-order valence-corrected chi connectivity index (χ4v) is 1.95. The first-order chi connectivity index (χ1) is 10.1. The zero-order valence-electron chi connectivity index (χ0n) is 12.0. The van der Waals surface area contributed by atoms with Crippen molar-refractivity contribution in [2.75, 3.05) is 20.8 Å². The van der Waals surface area contributed by atoms with Crippen molar-refractivity contribution in [3.8, 4) is 11.8 Å². The highest BCUT2D eigenvalue weighted by Crippen LogP contribution is 2.29. The molecule has 0 radical (unpaired) electrons. The number of hydrogen-bond donors (Lipinski definition) is 1. The van der Waals surface area contributed by atoms with Crippen LogP contribution in [0.4, 0.5) is 5.69 Å². The van der Waals surface area contributed by atoms with Crippen molar-refractivity contribution in [2.45, 2.75) is 13.5 Å². The van der Waals surface area contributed by atoms with Crippen LogP contribution in [0.2, 0.25) is 0 Å². The summed E-state index contributed by atoms with van der Waals surface area (Å²) in [6.45, 7) is 3.15. The summed E-state index contributed by atoms with van der Waals surface area (Å²) in [4.78, 5) is 19.2. The minimum atomic E-state index is -0.451. The lowest BCUT2D eigenvalue weighted by atomic mass is 10.1. The van der Waals surface area contributed by atoms with Gasteiger partial charge < -0.3 is 14.8 Å². The molecule has 1 heterocycles. The third kappa shape index (κ3) is 3.00. The molecule has 112 valence electrons. The predicted octanol–water partition coefficient (Wildman–Crippen LogP) is 1.66. The van der Waals surface area contributed by atoms with Crippen LogP contribution >= 0.6 is 0 Å². The van der Waals surface area contributed by atoms with Gasteiger partial charge in [-0.05, 0) is 6.54 Å². The lowest BCUT2D eigenvalue weighted by Gasteiger charge is -2.10. The molecule has 8 heteroatoms. The average Bonchev–Trinajstić information content (AvgIpc) is 2.50. The summed E-state index contributed by atoms with van der Waals surface area (Å²) in [5.74, 6) is 0.441. The Hall–Kier alpha value is -2.48. The van der Waals surface area contributed by atoms with Crippen molar-refractivity contribution in [1.82, 2.24) is 15.3 Å². The van der Waals surface area contributed by atoms with E-state index in [1.54, 1.807) is 0 Å². The Bertz CT molecular complexity index is 675. The predicted molar refractivity (Wildman–Crippen MR) is 76.7 cm³/mol. The number of fused-ring (bicyclic) bond motifs is 1. The summed E-state index contributed by atoms with van der Waals surface area (Å²) in [7, 11) is 2.91. The van der Waals surface area contributed by atoms with E-state index in [1.165, 1.54) is 26.4 Å². The summed E-state index contributed by atoms with van der Waals surface area (Å²) < 4.78 is 10.2. The fourth-order valence-electron chi connectivity index (χ4n) is 1.95. The van der Waals surface area contributed by atoms with Crippen LogP contribution < -0.4 is 14.8 Å². The van der Waals surface area contributed by atoms with Crippen LogP contribution in [0.3, 0.4) is 0 Å². The smallest absolute Gasteiger partial charge is 0.278 e. The molecule has 2 aromatic rings. The molecule has 0 unspecified atom stereocenters. The first-order valence-electron chi connectivity index (χ1n) is 6.38. The summed E-state index contributed by atoms with van der Waals surface area (Å²) in [5, 5.41) is 14.2. The molecule has 0 spiro atoms. The fraction of sp³-hybridized carbons (Fsp3) is 0.385. The van der Waals surface area contributed by atoms with E-state index >= 15 is 0 Å². The number of ether oxygens (including phenoxy) is 2. The van der Waals surface area contributed by atoms with E-state index in [1.807, 2.05) is 6.92 Å². The zero-order chi connectivity index (χ0) is 15.4. The zero-order valence-corrected chi connectivity index (χ0v) is 12.0. The Balaban J connectivity index is 2.68. The maximum Gasteiger partial charge on any atom is 0.278 e. The second-order valence-corrected chi connectivity index (χ2v) is 4.25. The van der Waals surface area contributed by atoms with Gasteiger partial charge in [-0.25, -0.2) is 9.97 Å². The van der Waals surface area contributed by atoms with E-state index in [9.17, 15) is 10.1 Å². The molecule has 0 bridgehead atoms. The Labute approximate surface area is 121 Å². The van der Waals surface area contributed by atoms with Crippen molar-refractivity contribution < 1.29 is 14.4 Å². The summed E-state index contributed by atoms with van der Waals surface area (Å²) in [6.07, 6.45) is 0. The number of rotatable bonds is 6. The van der Waals surface area contributed by atoms with E-state index in [4.69, 9.17) is 9.47 Å². The highest BCUT2D eigenvalue weighted by Gasteiger charge is 2.17. The SMILES string of the molecule is CCNCc1cc([N+](=O)[O-])cc2nc(OC)c(OC)nc12. The largest absolute Gasteiger partial charge is 0.477 e. The second-order valence-electron chi connectivity index (χ2n) is 4.25. The van der Waals surface area contributed by atoms with Gasteiger partial charge in [0.05, 0.1) is 24.7 Å². The van der Waals surface area contributed by atoms with Gasteiger partial charge in [-0.2, -0.15) is 0 Å². The monoisotopic (exact) mass is 292 g/mol. The first kappa shape index (κ1) is 14.9. The molecule has 0 aliphatic rings. The number of hydrogen-bond acceptors (Lipinski definition) is 7. The Morgan fingerprint density at radius 1 is 1.24 bits per heavy atom. The van der Waals surface area contributed by atoms with Crippen LogP contribution in [0.25, 0.3) is 11.0 Å². The lowest BCUT2D eigenvalue weighted by Crippen LogP contribution is -2.13. The van der Waals surface area contributed by atoms with E-state index in [0.29, 0.717) is 23.1 Å². The standard InChI is InChI=1S/C13H16N4O4/c1-4-14-7-8-5-9(17(18)19)6-10-11(8)16-13(21-3)12(15-10)20-2/h5-6,14H,4,7H2,1-3H3. The number of methoxy groups -OCH3 is 2. The number of benzene rings is 1. The van der Waals surface area contributed by atoms with E-state index in [-0.39, 0.29) is 17.4 Å². The van der Waals surface area contributed by atoms with Crippen molar-refractivity contribution >= 4 is 16.7 Å². The van der Waals surface area contributed by atoms with Crippen molar-refractivity contribution in [3.63, 3.8) is 0 Å². The second kappa shape index (κ2) is 6.31. The minimum absolute atomic E-state index is 0.0306. The highest BCUT2D eigenvalue weighted by atomic mass is 16.6. The molecule has 21 heavy (non-hydrogen) atoms. The Kier molecular flexibility index (Phi) is 4.49. The van der Waals surface area contributed by atoms with Crippen LogP contribution in [0, 0.1) is 10.1 Å². The molecule has 0 aliphatic heterocycles. The normalized spacial score (nSPS) is 10.6. The molecule has 1 N–H and O–H groups in total. The van der Waals surface area contributed by atoms with Gasteiger partial charge in [0.15, 0.2) is 0 Å². The van der Waals surface area contributed by atoms with Crippen LogP contribution in [0.5, 0.6) is 11.8 Å². The molecular weight excluding hydrogens is 276 g/mol. The van der Waals surface area contributed by atoms with Gasteiger partial charge >= 0.3 is 0 Å². The van der Waals surface area contributed by atoms with Crippen LogP contribution in [0.15, 0.2) is 12.1 Å². The number of aromatic nitrogens is 2. The van der Waals surface area contributed by atoms with Gasteiger partial charge in [0.1, 0.15) is 5.52 Å². The minimum Gasteiger partial charge on any atom is -0.477 e. The summed E-state index contributed by atoms with van der Waals surface area (Å²) in [5.41, 5.74) is 1.61. The van der Waals surface area contributed by atoms with Crippen LogP contribution in [-0.2, 0) is 6.54 Å². The molecule has 8 nitrogen and oxygen atoms in total. The van der Waals surface area contributed by atoms with Gasteiger partial charge in [0, 0.05) is 24.2 Å². The Morgan fingerprint density at radius 3 is 2.48 bits per heavy atom. The van der Waals surface area contributed by atoms with Crippen molar-refractivity contribution in [2.24, 2.45) is 0 Å². The molecule has 1 aromatic carbocycles. The van der Waals surface area contributed by atoms with Crippen molar-refractivity contribution in [1.29, 1.82) is 0 Å². The highest BCUT2D eigenvalue weighted by molar-refractivity contribution is 5.82. The number of nitrogens with zero attached hydrogens (tertiary/aromatic N) is 3. The van der Waals surface area contributed by atoms with Crippen molar-refractivity contribution in [3.05, 3.63) is 27.8 Å². The third-order valence-corrected chi connectivity index (χ3v) is 2.93. The molecule has 1 aromatic heterocycles. The Morgan fingerprint density at radius 2 is 1.90 bits per heavy atom. The molecule has 0 fully saturated rings.